The van der Waals surface area contributed by atoms with Gasteiger partial charge in [-0.05, 0) is 38.8 Å². The molecule has 1 saturated carbocycles. The molecule has 0 aliphatic heterocycles. The van der Waals surface area contributed by atoms with E-state index in [1.54, 1.807) is 12.1 Å². The lowest BCUT2D eigenvalue weighted by Gasteiger charge is -2.11. The summed E-state index contributed by atoms with van der Waals surface area (Å²) < 4.78 is 24.2. The van der Waals surface area contributed by atoms with Crippen LogP contribution < -0.4 is 9.47 Å². The Balaban J connectivity index is 2.07. The molecular formula is C12H15FO2. The molecule has 1 aromatic carbocycles. The van der Waals surface area contributed by atoms with Crippen molar-refractivity contribution in [3.8, 4) is 11.5 Å². The van der Waals surface area contributed by atoms with Gasteiger partial charge in [0.15, 0.2) is 11.6 Å². The monoisotopic (exact) mass is 210 g/mol. The maximum absolute atomic E-state index is 13.5. The second kappa shape index (κ2) is 4.09. The van der Waals surface area contributed by atoms with Crippen molar-refractivity contribution in [3.05, 3.63) is 24.0 Å². The Hall–Kier alpha value is -1.25. The second-order valence-electron chi connectivity index (χ2n) is 4.08. The summed E-state index contributed by atoms with van der Waals surface area (Å²) in [5.74, 6) is 0.515. The summed E-state index contributed by atoms with van der Waals surface area (Å²) in [5, 5.41) is 0. The highest BCUT2D eigenvalue weighted by atomic mass is 19.1. The molecule has 1 aromatic rings. The molecule has 0 N–H and O–H groups in total. The minimum atomic E-state index is -0.359. The summed E-state index contributed by atoms with van der Waals surface area (Å²) in [6.45, 7) is 3.74. The topological polar surface area (TPSA) is 18.5 Å². The third-order valence-electron chi connectivity index (χ3n) is 2.09. The van der Waals surface area contributed by atoms with Crippen molar-refractivity contribution in [3.63, 3.8) is 0 Å². The average molecular weight is 210 g/mol. The maximum atomic E-state index is 13.5. The standard InChI is InChI=1S/C12H15FO2/c1-8(2)14-12-6-5-10(7-11(12)13)15-9-3-4-9/h5-9H,3-4H2,1-2H3. The van der Waals surface area contributed by atoms with E-state index in [9.17, 15) is 4.39 Å². The highest BCUT2D eigenvalue weighted by molar-refractivity contribution is 5.33. The Kier molecular flexibility index (Phi) is 2.80. The minimum absolute atomic E-state index is 0.0188. The van der Waals surface area contributed by atoms with Crippen LogP contribution in [-0.4, -0.2) is 12.2 Å². The number of ether oxygens (including phenoxy) is 2. The molecule has 0 atom stereocenters. The number of hydrogen-bond acceptors (Lipinski definition) is 2. The Morgan fingerprint density at radius 3 is 2.60 bits per heavy atom. The van der Waals surface area contributed by atoms with Crippen LogP contribution in [0.2, 0.25) is 0 Å². The van der Waals surface area contributed by atoms with Gasteiger partial charge in [0.1, 0.15) is 5.75 Å². The molecule has 3 heteroatoms. The lowest BCUT2D eigenvalue weighted by Crippen LogP contribution is -2.07. The molecule has 0 bridgehead atoms. The molecule has 2 rings (SSSR count). The summed E-state index contributed by atoms with van der Waals surface area (Å²) in [6.07, 6.45) is 2.42. The van der Waals surface area contributed by atoms with Crippen LogP contribution >= 0.6 is 0 Å². The number of rotatable bonds is 4. The van der Waals surface area contributed by atoms with Crippen molar-refractivity contribution in [2.75, 3.05) is 0 Å². The van der Waals surface area contributed by atoms with Crippen molar-refractivity contribution >= 4 is 0 Å². The molecule has 0 heterocycles. The molecule has 0 unspecified atom stereocenters. The van der Waals surface area contributed by atoms with Crippen LogP contribution in [0.3, 0.4) is 0 Å². The first-order valence-electron chi connectivity index (χ1n) is 5.28. The zero-order chi connectivity index (χ0) is 10.8. The van der Waals surface area contributed by atoms with Gasteiger partial charge in [0.05, 0.1) is 12.2 Å². The Morgan fingerprint density at radius 2 is 2.07 bits per heavy atom. The largest absolute Gasteiger partial charge is 0.490 e. The molecule has 1 fully saturated rings. The summed E-state index contributed by atoms with van der Waals surface area (Å²) >= 11 is 0. The Morgan fingerprint density at radius 1 is 1.33 bits per heavy atom. The van der Waals surface area contributed by atoms with Gasteiger partial charge in [0.2, 0.25) is 0 Å². The van der Waals surface area contributed by atoms with Crippen molar-refractivity contribution < 1.29 is 13.9 Å². The van der Waals surface area contributed by atoms with E-state index in [1.165, 1.54) is 6.07 Å². The van der Waals surface area contributed by atoms with Gasteiger partial charge in [-0.1, -0.05) is 0 Å². The first-order valence-corrected chi connectivity index (χ1v) is 5.28. The summed E-state index contributed by atoms with van der Waals surface area (Å²) in [4.78, 5) is 0. The maximum Gasteiger partial charge on any atom is 0.168 e. The van der Waals surface area contributed by atoms with Gasteiger partial charge in [-0.15, -0.1) is 0 Å². The zero-order valence-corrected chi connectivity index (χ0v) is 9.00. The van der Waals surface area contributed by atoms with Crippen molar-refractivity contribution in [1.82, 2.24) is 0 Å². The van der Waals surface area contributed by atoms with Crippen LogP contribution in [0, 0.1) is 5.82 Å². The lowest BCUT2D eigenvalue weighted by molar-refractivity contribution is 0.229. The molecule has 1 aliphatic rings. The first kappa shape index (κ1) is 10.3. The summed E-state index contributed by atoms with van der Waals surface area (Å²) in [7, 11) is 0. The fraction of sp³-hybridized carbons (Fsp3) is 0.500. The van der Waals surface area contributed by atoms with Crippen molar-refractivity contribution in [2.24, 2.45) is 0 Å². The van der Waals surface area contributed by atoms with Crippen LogP contribution in [0.15, 0.2) is 18.2 Å². The summed E-state index contributed by atoms with van der Waals surface area (Å²) in [5.41, 5.74) is 0. The SMILES string of the molecule is CC(C)Oc1ccc(OC2CC2)cc1F. The molecular weight excluding hydrogens is 195 g/mol. The number of hydrogen-bond donors (Lipinski definition) is 0. The van der Waals surface area contributed by atoms with E-state index >= 15 is 0 Å². The van der Waals surface area contributed by atoms with E-state index < -0.39 is 0 Å². The second-order valence-corrected chi connectivity index (χ2v) is 4.08. The third kappa shape index (κ3) is 2.85. The van der Waals surface area contributed by atoms with E-state index in [4.69, 9.17) is 9.47 Å². The molecule has 2 nitrogen and oxygen atoms in total. The number of benzene rings is 1. The molecule has 0 radical (unpaired) electrons. The van der Waals surface area contributed by atoms with Gasteiger partial charge in [-0.25, -0.2) is 4.39 Å². The van der Waals surface area contributed by atoms with Gasteiger partial charge >= 0.3 is 0 Å². The van der Waals surface area contributed by atoms with Gasteiger partial charge in [-0.3, -0.25) is 0 Å². The van der Waals surface area contributed by atoms with Crippen LogP contribution in [0.1, 0.15) is 26.7 Å². The lowest BCUT2D eigenvalue weighted by atomic mass is 10.3. The number of halogens is 1. The van der Waals surface area contributed by atoms with Gasteiger partial charge in [0, 0.05) is 6.07 Å². The highest BCUT2D eigenvalue weighted by Gasteiger charge is 2.23. The van der Waals surface area contributed by atoms with Gasteiger partial charge < -0.3 is 9.47 Å². The van der Waals surface area contributed by atoms with Crippen LogP contribution in [0.5, 0.6) is 11.5 Å². The van der Waals surface area contributed by atoms with Crippen LogP contribution in [0.25, 0.3) is 0 Å². The zero-order valence-electron chi connectivity index (χ0n) is 9.00. The third-order valence-corrected chi connectivity index (χ3v) is 2.09. The molecule has 0 aromatic heterocycles. The molecule has 15 heavy (non-hydrogen) atoms. The van der Waals surface area contributed by atoms with Crippen molar-refractivity contribution in [2.45, 2.75) is 38.9 Å². The molecule has 82 valence electrons. The normalized spacial score (nSPS) is 15.5. The fourth-order valence-corrected chi connectivity index (χ4v) is 1.28. The predicted octanol–water partition coefficient (Wildman–Crippen LogP) is 3.15. The van der Waals surface area contributed by atoms with Crippen LogP contribution in [-0.2, 0) is 0 Å². The average Bonchev–Trinajstić information content (AvgIpc) is 2.93. The van der Waals surface area contributed by atoms with Crippen molar-refractivity contribution in [1.29, 1.82) is 0 Å². The van der Waals surface area contributed by atoms with Crippen LogP contribution in [0.4, 0.5) is 4.39 Å². The molecule has 1 aliphatic carbocycles. The minimum Gasteiger partial charge on any atom is -0.490 e. The van der Waals surface area contributed by atoms with Gasteiger partial charge in [-0.2, -0.15) is 0 Å². The Bertz CT molecular complexity index is 345. The first-order chi connectivity index (χ1) is 7.15. The molecule has 0 spiro atoms. The van der Waals surface area contributed by atoms with Gasteiger partial charge in [0.25, 0.3) is 0 Å². The fourth-order valence-electron chi connectivity index (χ4n) is 1.28. The van der Waals surface area contributed by atoms with E-state index in [-0.39, 0.29) is 17.7 Å². The predicted molar refractivity (Wildman–Crippen MR) is 55.8 cm³/mol. The Labute approximate surface area is 89.0 Å². The summed E-state index contributed by atoms with van der Waals surface area (Å²) in [6, 6.07) is 4.75. The van der Waals surface area contributed by atoms with E-state index in [2.05, 4.69) is 0 Å². The molecule has 0 amide bonds. The van der Waals surface area contributed by atoms with E-state index in [0.717, 1.165) is 12.8 Å². The molecule has 0 saturated heterocycles. The highest BCUT2D eigenvalue weighted by Crippen LogP contribution is 2.29. The van der Waals surface area contributed by atoms with E-state index in [1.807, 2.05) is 13.8 Å². The quantitative estimate of drug-likeness (QED) is 0.760. The van der Waals surface area contributed by atoms with E-state index in [0.29, 0.717) is 11.9 Å². The smallest absolute Gasteiger partial charge is 0.168 e.